The van der Waals surface area contributed by atoms with Crippen molar-refractivity contribution in [3.05, 3.63) is 52.5 Å². The van der Waals surface area contributed by atoms with E-state index in [1.54, 1.807) is 6.07 Å². The van der Waals surface area contributed by atoms with Crippen molar-refractivity contribution in [2.45, 2.75) is 31.3 Å². The van der Waals surface area contributed by atoms with E-state index in [0.29, 0.717) is 23.1 Å². The third kappa shape index (κ3) is 5.06. The van der Waals surface area contributed by atoms with Gasteiger partial charge in [0.05, 0.1) is 17.3 Å². The Hall–Kier alpha value is -1.85. The highest BCUT2D eigenvalue weighted by molar-refractivity contribution is 7.99. The number of anilines is 1. The molecule has 0 bridgehead atoms. The van der Waals surface area contributed by atoms with E-state index >= 15 is 0 Å². The number of ether oxygens (including phenoxy) is 2. The van der Waals surface area contributed by atoms with Gasteiger partial charge in [0.15, 0.2) is 0 Å². The molecule has 1 N–H and O–H groups in total. The van der Waals surface area contributed by atoms with Gasteiger partial charge in [-0.05, 0) is 43.7 Å². The Bertz CT molecular complexity index is 749. The topological polar surface area (TPSA) is 47.6 Å². The van der Waals surface area contributed by atoms with Crippen LogP contribution in [0.2, 0.25) is 5.02 Å². The van der Waals surface area contributed by atoms with E-state index in [1.165, 1.54) is 10.5 Å². The van der Waals surface area contributed by atoms with Gasteiger partial charge in [0, 0.05) is 16.5 Å². The Balaban J connectivity index is 1.41. The van der Waals surface area contributed by atoms with E-state index in [1.807, 2.05) is 17.8 Å². The number of aryl methyl sites for hydroxylation is 1. The molecule has 6 heteroatoms. The number of benzene rings is 2. The number of hydrogen-bond acceptors (Lipinski definition) is 4. The molecule has 1 aliphatic rings. The summed E-state index contributed by atoms with van der Waals surface area (Å²) in [5.74, 6) is 1.77. The van der Waals surface area contributed by atoms with Crippen LogP contribution in [0.1, 0.15) is 24.0 Å². The van der Waals surface area contributed by atoms with Gasteiger partial charge in [-0.1, -0.05) is 29.3 Å². The molecule has 4 nitrogen and oxygen atoms in total. The van der Waals surface area contributed by atoms with E-state index < -0.39 is 6.09 Å². The van der Waals surface area contributed by atoms with Crippen molar-refractivity contribution in [3.63, 3.8) is 0 Å². The molecule has 0 saturated carbocycles. The van der Waals surface area contributed by atoms with Crippen LogP contribution in [0.4, 0.5) is 10.5 Å². The lowest BCUT2D eigenvalue weighted by molar-refractivity contribution is 0.151. The fourth-order valence-electron chi connectivity index (χ4n) is 2.47. The lowest BCUT2D eigenvalue weighted by Gasteiger charge is -2.19. The van der Waals surface area contributed by atoms with Crippen LogP contribution in [-0.4, -0.2) is 18.5 Å². The molecule has 3 rings (SSSR count). The van der Waals surface area contributed by atoms with Crippen molar-refractivity contribution in [2.75, 3.05) is 17.7 Å². The third-order valence-electron chi connectivity index (χ3n) is 3.83. The summed E-state index contributed by atoms with van der Waals surface area (Å²) in [5.41, 5.74) is 2.73. The number of amides is 1. The number of rotatable bonds is 7. The number of hydrogen-bond donors (Lipinski definition) is 1. The second-order valence-corrected chi connectivity index (χ2v) is 7.43. The number of unbranched alkanes of at least 4 members (excludes halogenated alkanes) is 1. The summed E-state index contributed by atoms with van der Waals surface area (Å²) in [6.07, 6.45) is 1.58. The van der Waals surface area contributed by atoms with Crippen LogP contribution in [0.25, 0.3) is 0 Å². The van der Waals surface area contributed by atoms with Gasteiger partial charge in [0.1, 0.15) is 12.4 Å². The van der Waals surface area contributed by atoms with Gasteiger partial charge in [-0.2, -0.15) is 0 Å². The van der Waals surface area contributed by atoms with Crippen molar-refractivity contribution in [3.8, 4) is 5.75 Å². The van der Waals surface area contributed by atoms with Crippen molar-refractivity contribution in [1.29, 1.82) is 0 Å². The first-order valence-electron chi connectivity index (χ1n) is 8.20. The molecule has 0 aromatic heterocycles. The molecule has 0 atom stereocenters. The molecule has 1 aliphatic heterocycles. The van der Waals surface area contributed by atoms with Crippen molar-refractivity contribution in [2.24, 2.45) is 0 Å². The Labute approximate surface area is 156 Å². The highest BCUT2D eigenvalue weighted by Gasteiger charge is 2.19. The van der Waals surface area contributed by atoms with Gasteiger partial charge in [0.25, 0.3) is 0 Å². The third-order valence-corrected chi connectivity index (χ3v) is 5.22. The monoisotopic (exact) mass is 377 g/mol. The quantitative estimate of drug-likeness (QED) is 0.499. The van der Waals surface area contributed by atoms with Crippen LogP contribution in [0.15, 0.2) is 41.3 Å². The van der Waals surface area contributed by atoms with Crippen molar-refractivity contribution >= 4 is 35.1 Å². The highest BCUT2D eigenvalue weighted by atomic mass is 35.5. The molecular formula is C19H20ClNO3S. The van der Waals surface area contributed by atoms with Gasteiger partial charge in [-0.25, -0.2) is 4.79 Å². The Morgan fingerprint density at radius 1 is 1.24 bits per heavy atom. The fraction of sp³-hybridized carbons (Fsp3) is 0.316. The van der Waals surface area contributed by atoms with Gasteiger partial charge < -0.3 is 9.47 Å². The molecule has 0 saturated heterocycles. The van der Waals surface area contributed by atoms with Crippen LogP contribution in [0.5, 0.6) is 5.75 Å². The molecule has 0 fully saturated rings. The summed E-state index contributed by atoms with van der Waals surface area (Å²) in [6.45, 7) is 2.95. The number of cyclic esters (lactones) is 1. The van der Waals surface area contributed by atoms with E-state index in [2.05, 4.69) is 36.5 Å². The lowest BCUT2D eigenvalue weighted by Crippen LogP contribution is -2.20. The number of fused-ring (bicyclic) bond motifs is 1. The zero-order valence-corrected chi connectivity index (χ0v) is 15.6. The van der Waals surface area contributed by atoms with E-state index in [9.17, 15) is 4.79 Å². The minimum Gasteiger partial charge on any atom is -0.494 e. The summed E-state index contributed by atoms with van der Waals surface area (Å²) in [4.78, 5) is 12.5. The standard InChI is InChI=1S/C19H20ClNO3S/c1-13-4-6-16(7-5-13)25-9-3-2-8-23-15-10-14-12-24-19(22)21-18(14)17(20)11-15/h4-7,10-11H,2-3,8-9,12H2,1H3,(H,21,22). The fourth-order valence-corrected chi connectivity index (χ4v) is 3.66. The van der Waals surface area contributed by atoms with Gasteiger partial charge in [-0.3, -0.25) is 5.32 Å². The average molecular weight is 378 g/mol. The molecule has 0 spiro atoms. The normalized spacial score (nSPS) is 13.0. The SMILES string of the molecule is Cc1ccc(SCCCCOc2cc(Cl)c3c(c2)COC(=O)N3)cc1. The minimum absolute atomic E-state index is 0.214. The van der Waals surface area contributed by atoms with Crippen LogP contribution in [0, 0.1) is 6.92 Å². The van der Waals surface area contributed by atoms with E-state index in [-0.39, 0.29) is 6.61 Å². The lowest BCUT2D eigenvalue weighted by atomic mass is 10.1. The predicted molar refractivity (Wildman–Crippen MR) is 102 cm³/mol. The summed E-state index contributed by atoms with van der Waals surface area (Å²) in [7, 11) is 0. The minimum atomic E-state index is -0.478. The largest absolute Gasteiger partial charge is 0.494 e. The molecule has 1 heterocycles. The van der Waals surface area contributed by atoms with Crippen LogP contribution in [0.3, 0.4) is 0 Å². The molecule has 0 unspecified atom stereocenters. The maximum atomic E-state index is 11.2. The Morgan fingerprint density at radius 2 is 2.04 bits per heavy atom. The van der Waals surface area contributed by atoms with E-state index in [4.69, 9.17) is 21.1 Å². The first-order valence-corrected chi connectivity index (χ1v) is 9.56. The van der Waals surface area contributed by atoms with Gasteiger partial charge >= 0.3 is 6.09 Å². The average Bonchev–Trinajstić information content (AvgIpc) is 2.60. The predicted octanol–water partition coefficient (Wildman–Crippen LogP) is 5.66. The molecule has 132 valence electrons. The number of nitrogens with one attached hydrogen (secondary N) is 1. The molecule has 2 aromatic rings. The number of halogens is 1. The van der Waals surface area contributed by atoms with Crippen LogP contribution >= 0.6 is 23.4 Å². The first kappa shape index (κ1) is 18.0. The van der Waals surface area contributed by atoms with Crippen molar-refractivity contribution < 1.29 is 14.3 Å². The first-order chi connectivity index (χ1) is 12.1. The molecule has 0 aliphatic carbocycles. The summed E-state index contributed by atoms with van der Waals surface area (Å²) >= 11 is 8.06. The van der Waals surface area contributed by atoms with Gasteiger partial charge in [0.2, 0.25) is 0 Å². The van der Waals surface area contributed by atoms with Gasteiger partial charge in [-0.15, -0.1) is 11.8 Å². The smallest absolute Gasteiger partial charge is 0.412 e. The van der Waals surface area contributed by atoms with Crippen LogP contribution < -0.4 is 10.1 Å². The summed E-state index contributed by atoms with van der Waals surface area (Å²) < 4.78 is 10.7. The molecule has 1 amide bonds. The number of thioether (sulfide) groups is 1. The van der Waals surface area contributed by atoms with Crippen molar-refractivity contribution in [1.82, 2.24) is 0 Å². The number of carbonyl (C=O) groups is 1. The molecule has 0 radical (unpaired) electrons. The maximum absolute atomic E-state index is 11.2. The zero-order chi connectivity index (χ0) is 17.6. The molecule has 25 heavy (non-hydrogen) atoms. The van der Waals surface area contributed by atoms with Crippen LogP contribution in [-0.2, 0) is 11.3 Å². The Morgan fingerprint density at radius 3 is 2.84 bits per heavy atom. The number of carbonyl (C=O) groups excluding carboxylic acids is 1. The zero-order valence-electron chi connectivity index (χ0n) is 14.0. The summed E-state index contributed by atoms with van der Waals surface area (Å²) in [5, 5.41) is 3.08. The molecular weight excluding hydrogens is 358 g/mol. The second kappa shape index (κ2) is 8.50. The second-order valence-electron chi connectivity index (χ2n) is 5.86. The summed E-state index contributed by atoms with van der Waals surface area (Å²) in [6, 6.07) is 12.2. The maximum Gasteiger partial charge on any atom is 0.412 e. The highest BCUT2D eigenvalue weighted by Crippen LogP contribution is 2.34. The van der Waals surface area contributed by atoms with E-state index in [0.717, 1.165) is 24.2 Å². The Kier molecular flexibility index (Phi) is 6.10. The molecule has 2 aromatic carbocycles.